The van der Waals surface area contributed by atoms with Gasteiger partial charge in [0.25, 0.3) is 5.91 Å². The number of ether oxygens (including phenoxy) is 3. The topological polar surface area (TPSA) is 73.9 Å². The number of esters is 1. The van der Waals surface area contributed by atoms with Crippen LogP contribution in [0.15, 0.2) is 48.5 Å². The fraction of sp³-hybridized carbons (Fsp3) is 0.273. The summed E-state index contributed by atoms with van der Waals surface area (Å²) in [7, 11) is 0. The number of benzene rings is 2. The third kappa shape index (κ3) is 6.79. The van der Waals surface area contributed by atoms with Crippen molar-refractivity contribution in [3.05, 3.63) is 59.7 Å². The molecule has 1 N–H and O–H groups in total. The van der Waals surface area contributed by atoms with Crippen LogP contribution >= 0.6 is 0 Å². The molecule has 0 bridgehead atoms. The Hall–Kier alpha value is -3.28. The molecule has 2 aromatic carbocycles. The van der Waals surface area contributed by atoms with Gasteiger partial charge in [-0.15, -0.1) is 0 Å². The summed E-state index contributed by atoms with van der Waals surface area (Å²) >= 11 is 0. The van der Waals surface area contributed by atoms with Crippen molar-refractivity contribution >= 4 is 23.6 Å². The minimum absolute atomic E-state index is 0.357. The molecule has 6 nitrogen and oxygen atoms in total. The summed E-state index contributed by atoms with van der Waals surface area (Å²) in [6, 6.07) is 12.7. The van der Waals surface area contributed by atoms with E-state index in [9.17, 15) is 9.59 Å². The van der Waals surface area contributed by atoms with E-state index in [0.29, 0.717) is 30.4 Å². The van der Waals surface area contributed by atoms with E-state index in [1.807, 2.05) is 32.9 Å². The van der Waals surface area contributed by atoms with Crippen molar-refractivity contribution in [3.63, 3.8) is 0 Å². The zero-order valence-corrected chi connectivity index (χ0v) is 16.4. The van der Waals surface area contributed by atoms with Crippen molar-refractivity contribution in [3.8, 4) is 11.5 Å². The summed E-state index contributed by atoms with van der Waals surface area (Å²) in [5.41, 5.74) is 2.50. The first kappa shape index (κ1) is 21.0. The molecule has 0 aliphatic rings. The fourth-order valence-electron chi connectivity index (χ4n) is 2.35. The first-order valence-corrected chi connectivity index (χ1v) is 9.12. The van der Waals surface area contributed by atoms with Crippen molar-refractivity contribution < 1.29 is 23.8 Å². The zero-order chi connectivity index (χ0) is 20.4. The van der Waals surface area contributed by atoms with Crippen LogP contribution in [0, 0.1) is 6.92 Å². The van der Waals surface area contributed by atoms with Crippen molar-refractivity contribution in [1.29, 1.82) is 0 Å². The van der Waals surface area contributed by atoms with E-state index in [1.165, 1.54) is 6.08 Å². The van der Waals surface area contributed by atoms with Crippen LogP contribution in [0.5, 0.6) is 11.5 Å². The van der Waals surface area contributed by atoms with Crippen LogP contribution in [0.4, 0.5) is 5.69 Å². The Bertz CT molecular complexity index is 827. The summed E-state index contributed by atoms with van der Waals surface area (Å²) < 4.78 is 16.0. The van der Waals surface area contributed by atoms with Gasteiger partial charge in [0.1, 0.15) is 0 Å². The number of carbonyl (C=O) groups is 2. The minimum atomic E-state index is -0.606. The third-order valence-electron chi connectivity index (χ3n) is 3.66. The molecule has 0 saturated heterocycles. The Morgan fingerprint density at radius 3 is 2.32 bits per heavy atom. The molecule has 0 unspecified atom stereocenters. The highest BCUT2D eigenvalue weighted by Gasteiger charge is 2.07. The first-order valence-electron chi connectivity index (χ1n) is 9.12. The van der Waals surface area contributed by atoms with Gasteiger partial charge < -0.3 is 19.5 Å². The number of rotatable bonds is 9. The standard InChI is InChI=1S/C22H25NO5/c1-4-26-19-12-8-17(14-20(19)27-5-2)9-13-22(25)28-15-21(24)23-18-10-6-16(3)7-11-18/h6-14H,4-5,15H2,1-3H3,(H,23,24)/b13-9+. The Morgan fingerprint density at radius 1 is 0.964 bits per heavy atom. The Kier molecular flexibility index (Phi) is 8.09. The summed E-state index contributed by atoms with van der Waals surface area (Å²) in [4.78, 5) is 23.7. The van der Waals surface area contributed by atoms with Gasteiger partial charge in [-0.2, -0.15) is 0 Å². The molecule has 0 aliphatic carbocycles. The maximum Gasteiger partial charge on any atom is 0.331 e. The van der Waals surface area contributed by atoms with Crippen LogP contribution in [0.25, 0.3) is 6.08 Å². The normalized spacial score (nSPS) is 10.5. The maximum absolute atomic E-state index is 11.9. The van der Waals surface area contributed by atoms with E-state index in [-0.39, 0.29) is 6.61 Å². The van der Waals surface area contributed by atoms with Crippen LogP contribution in [-0.2, 0) is 14.3 Å². The van der Waals surface area contributed by atoms with E-state index >= 15 is 0 Å². The summed E-state index contributed by atoms with van der Waals surface area (Å²) in [6.45, 7) is 6.43. The Morgan fingerprint density at radius 2 is 1.64 bits per heavy atom. The van der Waals surface area contributed by atoms with Crippen LogP contribution in [0.2, 0.25) is 0 Å². The summed E-state index contributed by atoms with van der Waals surface area (Å²) in [6.07, 6.45) is 2.86. The van der Waals surface area contributed by atoms with Gasteiger partial charge in [-0.05, 0) is 56.7 Å². The SMILES string of the molecule is CCOc1ccc(/C=C/C(=O)OCC(=O)Nc2ccc(C)cc2)cc1OCC. The van der Waals surface area contributed by atoms with E-state index in [2.05, 4.69) is 5.32 Å². The molecule has 1 amide bonds. The predicted molar refractivity (Wildman–Crippen MR) is 109 cm³/mol. The van der Waals surface area contributed by atoms with Gasteiger partial charge in [0.2, 0.25) is 0 Å². The van der Waals surface area contributed by atoms with E-state index < -0.39 is 11.9 Å². The Labute approximate surface area is 165 Å². The molecular weight excluding hydrogens is 358 g/mol. The molecule has 0 aliphatic heterocycles. The molecule has 0 atom stereocenters. The number of aryl methyl sites for hydroxylation is 1. The maximum atomic E-state index is 11.9. The number of nitrogens with one attached hydrogen (secondary N) is 1. The molecule has 2 rings (SSSR count). The van der Waals surface area contributed by atoms with Crippen molar-refractivity contribution in [1.82, 2.24) is 0 Å². The lowest BCUT2D eigenvalue weighted by molar-refractivity contribution is -0.142. The first-order chi connectivity index (χ1) is 13.5. The van der Waals surface area contributed by atoms with Crippen LogP contribution in [0.3, 0.4) is 0 Å². The molecule has 28 heavy (non-hydrogen) atoms. The summed E-state index contributed by atoms with van der Waals surface area (Å²) in [5, 5.41) is 2.67. The number of amides is 1. The lowest BCUT2D eigenvalue weighted by Gasteiger charge is -2.11. The molecule has 0 saturated carbocycles. The van der Waals surface area contributed by atoms with Gasteiger partial charge >= 0.3 is 5.97 Å². The lowest BCUT2D eigenvalue weighted by atomic mass is 10.2. The molecule has 0 aromatic heterocycles. The van der Waals surface area contributed by atoms with Gasteiger partial charge in [0.05, 0.1) is 13.2 Å². The molecule has 0 fully saturated rings. The highest BCUT2D eigenvalue weighted by atomic mass is 16.5. The number of anilines is 1. The third-order valence-corrected chi connectivity index (χ3v) is 3.66. The van der Waals surface area contributed by atoms with Gasteiger partial charge in [-0.1, -0.05) is 23.8 Å². The Balaban J connectivity index is 1.87. The fourth-order valence-corrected chi connectivity index (χ4v) is 2.35. The number of hydrogen-bond acceptors (Lipinski definition) is 5. The number of carbonyl (C=O) groups excluding carboxylic acids is 2. The van der Waals surface area contributed by atoms with E-state index in [1.54, 1.807) is 36.4 Å². The lowest BCUT2D eigenvalue weighted by Crippen LogP contribution is -2.20. The second-order valence-corrected chi connectivity index (χ2v) is 5.93. The molecule has 2 aromatic rings. The van der Waals surface area contributed by atoms with Crippen LogP contribution in [0.1, 0.15) is 25.0 Å². The molecule has 6 heteroatoms. The van der Waals surface area contributed by atoms with Gasteiger partial charge in [0.15, 0.2) is 18.1 Å². The number of hydrogen-bond donors (Lipinski definition) is 1. The van der Waals surface area contributed by atoms with E-state index in [4.69, 9.17) is 14.2 Å². The van der Waals surface area contributed by atoms with E-state index in [0.717, 1.165) is 11.1 Å². The summed E-state index contributed by atoms with van der Waals surface area (Å²) in [5.74, 6) is 0.255. The smallest absolute Gasteiger partial charge is 0.331 e. The van der Waals surface area contributed by atoms with Crippen LogP contribution in [-0.4, -0.2) is 31.7 Å². The van der Waals surface area contributed by atoms with Gasteiger partial charge in [-0.25, -0.2) is 4.79 Å². The minimum Gasteiger partial charge on any atom is -0.490 e. The average molecular weight is 383 g/mol. The molecular formula is C22H25NO5. The largest absolute Gasteiger partial charge is 0.490 e. The van der Waals surface area contributed by atoms with Crippen LogP contribution < -0.4 is 14.8 Å². The average Bonchev–Trinajstić information content (AvgIpc) is 2.68. The quantitative estimate of drug-likeness (QED) is 0.524. The van der Waals surface area contributed by atoms with Gasteiger partial charge in [0, 0.05) is 11.8 Å². The predicted octanol–water partition coefficient (Wildman–Crippen LogP) is 3.99. The second kappa shape index (κ2) is 10.8. The highest BCUT2D eigenvalue weighted by Crippen LogP contribution is 2.29. The van der Waals surface area contributed by atoms with Crippen molar-refractivity contribution in [2.45, 2.75) is 20.8 Å². The molecule has 0 spiro atoms. The van der Waals surface area contributed by atoms with Crippen molar-refractivity contribution in [2.75, 3.05) is 25.1 Å². The second-order valence-electron chi connectivity index (χ2n) is 5.93. The molecule has 0 radical (unpaired) electrons. The molecule has 0 heterocycles. The molecule has 148 valence electrons. The highest BCUT2D eigenvalue weighted by molar-refractivity contribution is 5.94. The zero-order valence-electron chi connectivity index (χ0n) is 16.4. The van der Waals surface area contributed by atoms with Crippen molar-refractivity contribution in [2.24, 2.45) is 0 Å². The van der Waals surface area contributed by atoms with Gasteiger partial charge in [-0.3, -0.25) is 4.79 Å². The monoisotopic (exact) mass is 383 g/mol.